The molecule has 1 rings (SSSR count). The number of carboxylic acid groups (broad SMARTS) is 1. The number of aliphatic hydroxyl groups is 1. The number of aliphatic hydroxyl groups excluding tert-OH is 1. The third-order valence-electron chi connectivity index (χ3n) is 2.09. The molecule has 0 radical (unpaired) electrons. The molecule has 14 heavy (non-hydrogen) atoms. The minimum atomic E-state index is -1.08. The molecule has 1 aliphatic rings. The first-order valence-corrected chi connectivity index (χ1v) is 4.42. The summed E-state index contributed by atoms with van der Waals surface area (Å²) >= 11 is 0. The highest BCUT2D eigenvalue weighted by molar-refractivity contribution is 5.79. The van der Waals surface area contributed by atoms with Crippen LogP contribution in [0.15, 0.2) is 0 Å². The molecular weight excluding hydrogens is 188 g/mol. The van der Waals surface area contributed by atoms with E-state index < -0.39 is 12.1 Å². The number of nitrogens with two attached hydrogens (primary N) is 1. The molecule has 0 aromatic carbocycles. The summed E-state index contributed by atoms with van der Waals surface area (Å²) in [6, 6.07) is -0.195. The van der Waals surface area contributed by atoms with Gasteiger partial charge in [-0.2, -0.15) is 0 Å². The van der Waals surface area contributed by atoms with Gasteiger partial charge in [-0.15, -0.1) is 0 Å². The Labute approximate surface area is 81.3 Å². The van der Waals surface area contributed by atoms with E-state index in [0.29, 0.717) is 6.54 Å². The lowest BCUT2D eigenvalue weighted by Gasteiger charge is -2.18. The number of hydrogen-bond donors (Lipinski definition) is 3. The first-order chi connectivity index (χ1) is 6.49. The van der Waals surface area contributed by atoms with Gasteiger partial charge < -0.3 is 20.8 Å². The minimum absolute atomic E-state index is 0.0544. The van der Waals surface area contributed by atoms with Gasteiger partial charge in [-0.25, -0.2) is 0 Å². The molecule has 1 amide bonds. The number of β-amino-alcohol motifs (C(OH)–C–C–N with tert-alkyl or cyclic N) is 1. The van der Waals surface area contributed by atoms with Crippen LogP contribution in [0.25, 0.3) is 0 Å². The Kier molecular flexibility index (Phi) is 3.43. The van der Waals surface area contributed by atoms with Crippen LogP contribution in [0, 0.1) is 0 Å². The summed E-state index contributed by atoms with van der Waals surface area (Å²) in [4.78, 5) is 22.8. The largest absolute Gasteiger partial charge is 0.481 e. The monoisotopic (exact) mass is 202 g/mol. The number of likely N-dealkylation sites (tertiary alicyclic amines) is 1. The van der Waals surface area contributed by atoms with Crippen molar-refractivity contribution >= 4 is 11.9 Å². The molecule has 1 aliphatic heterocycles. The number of rotatable bonds is 4. The Bertz CT molecular complexity index is 243. The molecule has 0 spiro atoms. The lowest BCUT2D eigenvalue weighted by molar-refractivity contribution is -0.140. The van der Waals surface area contributed by atoms with Crippen molar-refractivity contribution in [2.45, 2.75) is 25.0 Å². The summed E-state index contributed by atoms with van der Waals surface area (Å²) in [6.45, 7) is 0.453. The molecule has 2 unspecified atom stereocenters. The highest BCUT2D eigenvalue weighted by Crippen LogP contribution is 2.10. The van der Waals surface area contributed by atoms with Gasteiger partial charge in [0, 0.05) is 25.6 Å². The van der Waals surface area contributed by atoms with Crippen molar-refractivity contribution in [3.05, 3.63) is 0 Å². The van der Waals surface area contributed by atoms with E-state index in [1.807, 2.05) is 0 Å². The van der Waals surface area contributed by atoms with Gasteiger partial charge in [-0.1, -0.05) is 0 Å². The number of hydrogen-bond acceptors (Lipinski definition) is 4. The molecule has 0 aromatic rings. The SMILES string of the molecule is NC1CC(=O)N(CC(O)CC(=O)O)C1. The fourth-order valence-electron chi connectivity index (χ4n) is 1.50. The highest BCUT2D eigenvalue weighted by atomic mass is 16.4. The fourth-order valence-corrected chi connectivity index (χ4v) is 1.50. The van der Waals surface area contributed by atoms with Crippen molar-refractivity contribution in [2.75, 3.05) is 13.1 Å². The number of carbonyl (C=O) groups is 2. The van der Waals surface area contributed by atoms with E-state index in [9.17, 15) is 14.7 Å². The van der Waals surface area contributed by atoms with Crippen LogP contribution in [0.3, 0.4) is 0 Å². The van der Waals surface area contributed by atoms with Gasteiger partial charge in [0.15, 0.2) is 0 Å². The molecule has 1 heterocycles. The van der Waals surface area contributed by atoms with E-state index in [1.165, 1.54) is 4.90 Å². The molecular formula is C8H14N2O4. The van der Waals surface area contributed by atoms with Crippen LogP contribution in [0.1, 0.15) is 12.8 Å². The number of nitrogens with zero attached hydrogens (tertiary/aromatic N) is 1. The summed E-state index contributed by atoms with van der Waals surface area (Å²) in [5.41, 5.74) is 5.53. The van der Waals surface area contributed by atoms with Crippen molar-refractivity contribution in [3.8, 4) is 0 Å². The summed E-state index contributed by atoms with van der Waals surface area (Å²) in [7, 11) is 0. The van der Waals surface area contributed by atoms with Crippen LogP contribution in [-0.2, 0) is 9.59 Å². The summed E-state index contributed by atoms with van der Waals surface area (Å²) in [5.74, 6) is -1.20. The quantitative estimate of drug-likeness (QED) is 0.508. The second kappa shape index (κ2) is 4.39. The normalized spacial score (nSPS) is 24.0. The second-order valence-electron chi connectivity index (χ2n) is 3.51. The third-order valence-corrected chi connectivity index (χ3v) is 2.09. The highest BCUT2D eigenvalue weighted by Gasteiger charge is 2.28. The van der Waals surface area contributed by atoms with Gasteiger partial charge >= 0.3 is 5.97 Å². The van der Waals surface area contributed by atoms with Crippen LogP contribution in [0.2, 0.25) is 0 Å². The predicted octanol–water partition coefficient (Wildman–Crippen LogP) is -1.62. The molecule has 0 saturated carbocycles. The maximum absolute atomic E-state index is 11.2. The molecule has 6 heteroatoms. The maximum Gasteiger partial charge on any atom is 0.306 e. The van der Waals surface area contributed by atoms with E-state index in [2.05, 4.69) is 0 Å². The van der Waals surface area contributed by atoms with Gasteiger partial charge in [0.05, 0.1) is 12.5 Å². The molecule has 2 atom stereocenters. The van der Waals surface area contributed by atoms with E-state index in [-0.39, 0.29) is 31.3 Å². The third kappa shape index (κ3) is 2.97. The van der Waals surface area contributed by atoms with Gasteiger partial charge in [-0.3, -0.25) is 9.59 Å². The number of carbonyl (C=O) groups excluding carboxylic acids is 1. The van der Waals surface area contributed by atoms with Crippen molar-refractivity contribution in [2.24, 2.45) is 5.73 Å². The predicted molar refractivity (Wildman–Crippen MR) is 47.4 cm³/mol. The zero-order chi connectivity index (χ0) is 10.7. The van der Waals surface area contributed by atoms with Crippen molar-refractivity contribution in [1.29, 1.82) is 0 Å². The van der Waals surface area contributed by atoms with Crippen molar-refractivity contribution in [1.82, 2.24) is 4.90 Å². The van der Waals surface area contributed by atoms with Crippen LogP contribution in [0.4, 0.5) is 0 Å². The van der Waals surface area contributed by atoms with E-state index in [4.69, 9.17) is 10.8 Å². The summed E-state index contributed by atoms with van der Waals surface area (Å²) in [5, 5.41) is 17.7. The molecule has 4 N–H and O–H groups in total. The van der Waals surface area contributed by atoms with Crippen LogP contribution < -0.4 is 5.73 Å². The van der Waals surface area contributed by atoms with Gasteiger partial charge in [0.1, 0.15) is 0 Å². The Morgan fingerprint density at radius 3 is 2.79 bits per heavy atom. The Morgan fingerprint density at radius 1 is 1.71 bits per heavy atom. The fraction of sp³-hybridized carbons (Fsp3) is 0.750. The topological polar surface area (TPSA) is 104 Å². The average Bonchev–Trinajstić information content (AvgIpc) is 2.28. The summed E-state index contributed by atoms with van der Waals surface area (Å²) < 4.78 is 0. The Hall–Kier alpha value is -1.14. The lowest BCUT2D eigenvalue weighted by Crippen LogP contribution is -2.36. The number of aliphatic carboxylic acids is 1. The van der Waals surface area contributed by atoms with E-state index in [0.717, 1.165) is 0 Å². The van der Waals surface area contributed by atoms with Gasteiger partial charge in [0.25, 0.3) is 0 Å². The van der Waals surface area contributed by atoms with Crippen LogP contribution >= 0.6 is 0 Å². The molecule has 80 valence electrons. The molecule has 1 saturated heterocycles. The lowest BCUT2D eigenvalue weighted by atomic mass is 10.2. The van der Waals surface area contributed by atoms with Gasteiger partial charge in [0.2, 0.25) is 5.91 Å². The van der Waals surface area contributed by atoms with E-state index >= 15 is 0 Å². The minimum Gasteiger partial charge on any atom is -0.481 e. The van der Waals surface area contributed by atoms with Crippen LogP contribution in [0.5, 0.6) is 0 Å². The zero-order valence-corrected chi connectivity index (χ0v) is 7.72. The van der Waals surface area contributed by atoms with Crippen LogP contribution in [-0.4, -0.2) is 52.2 Å². The Morgan fingerprint density at radius 2 is 2.36 bits per heavy atom. The average molecular weight is 202 g/mol. The standard InChI is InChI=1S/C8H14N2O4/c9-5-1-7(12)10(3-5)4-6(11)2-8(13)14/h5-6,11H,1-4,9H2,(H,13,14). The van der Waals surface area contributed by atoms with E-state index in [1.54, 1.807) is 0 Å². The molecule has 6 nitrogen and oxygen atoms in total. The molecule has 0 bridgehead atoms. The zero-order valence-electron chi connectivity index (χ0n) is 7.72. The van der Waals surface area contributed by atoms with Gasteiger partial charge in [-0.05, 0) is 0 Å². The first-order valence-electron chi connectivity index (χ1n) is 4.42. The van der Waals surface area contributed by atoms with Crippen molar-refractivity contribution in [3.63, 3.8) is 0 Å². The summed E-state index contributed by atoms with van der Waals surface area (Å²) in [6.07, 6.45) is -1.08. The first kappa shape index (κ1) is 10.9. The second-order valence-corrected chi connectivity index (χ2v) is 3.51. The molecule has 1 fully saturated rings. The Balaban J connectivity index is 2.37. The smallest absolute Gasteiger partial charge is 0.306 e. The van der Waals surface area contributed by atoms with Crippen molar-refractivity contribution < 1.29 is 19.8 Å². The molecule has 0 aromatic heterocycles. The number of amides is 1. The number of carboxylic acids is 1. The molecule has 0 aliphatic carbocycles. The maximum atomic E-state index is 11.2.